The van der Waals surface area contributed by atoms with Gasteiger partial charge in [-0.25, -0.2) is 4.98 Å². The molecule has 1 aromatic heterocycles. The first-order valence-electron chi connectivity index (χ1n) is 3.73. The van der Waals surface area contributed by atoms with Crippen molar-refractivity contribution in [2.45, 2.75) is 0 Å². The Labute approximate surface area is 80.2 Å². The second-order valence-corrected chi connectivity index (χ2v) is 3.08. The molecule has 0 amide bonds. The molecule has 1 heterocycles. The summed E-state index contributed by atoms with van der Waals surface area (Å²) < 4.78 is 0. The van der Waals surface area contributed by atoms with Crippen molar-refractivity contribution in [3.63, 3.8) is 0 Å². The molecule has 3 heteroatoms. The summed E-state index contributed by atoms with van der Waals surface area (Å²) in [7, 11) is 0. The van der Waals surface area contributed by atoms with Crippen molar-refractivity contribution < 1.29 is 4.79 Å². The maximum Gasteiger partial charge on any atom is 0.168 e. The van der Waals surface area contributed by atoms with E-state index >= 15 is 0 Å². The fourth-order valence-electron chi connectivity index (χ4n) is 1.13. The number of rotatable bonds is 1. The highest BCUT2D eigenvalue weighted by Crippen LogP contribution is 2.18. The van der Waals surface area contributed by atoms with Gasteiger partial charge in [0.05, 0.1) is 6.20 Å². The molecule has 0 aliphatic rings. The molecule has 0 unspecified atom stereocenters. The van der Waals surface area contributed by atoms with Crippen molar-refractivity contribution in [3.8, 4) is 0 Å². The van der Waals surface area contributed by atoms with E-state index in [4.69, 9.17) is 11.6 Å². The van der Waals surface area contributed by atoms with Crippen LogP contribution in [-0.2, 0) is 0 Å². The molecule has 0 saturated heterocycles. The second kappa shape index (κ2) is 3.15. The van der Waals surface area contributed by atoms with Gasteiger partial charge >= 0.3 is 0 Å². The van der Waals surface area contributed by atoms with Gasteiger partial charge in [0, 0.05) is 10.4 Å². The van der Waals surface area contributed by atoms with E-state index in [-0.39, 0.29) is 0 Å². The summed E-state index contributed by atoms with van der Waals surface area (Å²) in [5.41, 5.74) is 0.384. The topological polar surface area (TPSA) is 30.0 Å². The van der Waals surface area contributed by atoms with Crippen molar-refractivity contribution in [1.82, 2.24) is 4.98 Å². The van der Waals surface area contributed by atoms with Gasteiger partial charge in [0.1, 0.15) is 5.69 Å². The zero-order valence-corrected chi connectivity index (χ0v) is 7.38. The minimum Gasteiger partial charge on any atom is -0.296 e. The van der Waals surface area contributed by atoms with Gasteiger partial charge in [0.25, 0.3) is 0 Å². The van der Waals surface area contributed by atoms with Crippen LogP contribution in [0.25, 0.3) is 10.8 Å². The van der Waals surface area contributed by atoms with Gasteiger partial charge in [0.15, 0.2) is 6.29 Å². The number of aromatic nitrogens is 1. The van der Waals surface area contributed by atoms with Gasteiger partial charge in [-0.2, -0.15) is 0 Å². The maximum atomic E-state index is 10.4. The van der Waals surface area contributed by atoms with E-state index in [1.54, 1.807) is 18.2 Å². The quantitative estimate of drug-likeness (QED) is 0.647. The van der Waals surface area contributed by atoms with Gasteiger partial charge in [0.2, 0.25) is 0 Å². The van der Waals surface area contributed by atoms with Gasteiger partial charge in [-0.05, 0) is 23.6 Å². The lowest BCUT2D eigenvalue weighted by atomic mass is 10.1. The predicted octanol–water partition coefficient (Wildman–Crippen LogP) is 2.50. The monoisotopic (exact) mass is 190 g/mol. The van der Waals surface area contributed by atoms with Crippen molar-refractivity contribution in [3.05, 3.63) is 41.2 Å². The number of carbonyl (C=O) groups is 1. The third-order valence-corrected chi connectivity index (χ3v) is 1.98. The summed E-state index contributed by atoms with van der Waals surface area (Å²) in [5.74, 6) is 0. The van der Waals surface area contributed by atoms with E-state index in [1.807, 2.05) is 6.07 Å². The summed E-state index contributed by atoms with van der Waals surface area (Å²) in [5, 5.41) is 2.38. The summed E-state index contributed by atoms with van der Waals surface area (Å²) in [4.78, 5) is 14.2. The average molecular weight is 191 g/mol. The van der Waals surface area contributed by atoms with Crippen LogP contribution < -0.4 is 0 Å². The zero-order valence-electron chi connectivity index (χ0n) is 6.62. The van der Waals surface area contributed by atoms with Gasteiger partial charge in [-0.1, -0.05) is 17.7 Å². The molecule has 0 aliphatic heterocycles. The van der Waals surface area contributed by atoms with Crippen LogP contribution in [0.3, 0.4) is 0 Å². The van der Waals surface area contributed by atoms with E-state index in [0.29, 0.717) is 17.0 Å². The van der Waals surface area contributed by atoms with Crippen molar-refractivity contribution in [2.75, 3.05) is 0 Å². The molecule has 13 heavy (non-hydrogen) atoms. The first kappa shape index (κ1) is 8.20. The molecule has 0 aliphatic carbocycles. The molecule has 0 fully saturated rings. The molecule has 1 radical (unpaired) electrons. The first-order chi connectivity index (χ1) is 6.29. The molecular weight excluding hydrogens is 186 g/mol. The molecule has 2 aromatic rings. The molecule has 2 rings (SSSR count). The normalized spacial score (nSPS) is 10.2. The second-order valence-electron chi connectivity index (χ2n) is 2.64. The van der Waals surface area contributed by atoms with Gasteiger partial charge < -0.3 is 0 Å². The van der Waals surface area contributed by atoms with Crippen molar-refractivity contribution in [1.29, 1.82) is 0 Å². The number of aldehydes is 1. The fraction of sp³-hybridized carbons (Fsp3) is 0. The number of hydrogen-bond acceptors (Lipinski definition) is 2. The molecule has 0 atom stereocenters. The predicted molar refractivity (Wildman–Crippen MR) is 51.0 cm³/mol. The zero-order chi connectivity index (χ0) is 9.26. The first-order valence-corrected chi connectivity index (χ1v) is 4.10. The molecule has 0 saturated carbocycles. The number of benzene rings is 1. The van der Waals surface area contributed by atoms with Crippen LogP contribution in [0.1, 0.15) is 10.5 Å². The number of pyridine rings is 1. The van der Waals surface area contributed by atoms with Crippen molar-refractivity contribution in [2.24, 2.45) is 0 Å². The third kappa shape index (κ3) is 1.53. The molecule has 63 valence electrons. The van der Waals surface area contributed by atoms with E-state index in [2.05, 4.69) is 11.2 Å². The van der Waals surface area contributed by atoms with Crippen LogP contribution in [0.4, 0.5) is 0 Å². The molecule has 0 spiro atoms. The summed E-state index contributed by atoms with van der Waals surface area (Å²) in [6.07, 6.45) is 3.44. The smallest absolute Gasteiger partial charge is 0.168 e. The van der Waals surface area contributed by atoms with Crippen LogP contribution in [0, 0.1) is 6.20 Å². The maximum absolute atomic E-state index is 10.4. The average Bonchev–Trinajstić information content (AvgIpc) is 2.17. The number of fused-ring (bicyclic) bond motifs is 1. The molecular formula is C10H5ClNO. The number of halogens is 1. The Hall–Kier alpha value is -1.41. The van der Waals surface area contributed by atoms with Crippen LogP contribution in [0.2, 0.25) is 5.02 Å². The fourth-order valence-corrected chi connectivity index (χ4v) is 1.30. The lowest BCUT2D eigenvalue weighted by molar-refractivity contribution is 0.111. The van der Waals surface area contributed by atoms with E-state index in [0.717, 1.165) is 10.8 Å². The highest BCUT2D eigenvalue weighted by atomic mass is 35.5. The third-order valence-electron chi connectivity index (χ3n) is 1.74. The van der Waals surface area contributed by atoms with Gasteiger partial charge in [-0.15, -0.1) is 0 Å². The van der Waals surface area contributed by atoms with E-state index in [9.17, 15) is 4.79 Å². The Bertz CT molecular complexity index is 467. The van der Waals surface area contributed by atoms with Crippen LogP contribution in [-0.4, -0.2) is 11.3 Å². The highest BCUT2D eigenvalue weighted by Gasteiger charge is 1.97. The SMILES string of the molecule is O=Cc1cc2ccc(Cl)cc2[c]n1. The summed E-state index contributed by atoms with van der Waals surface area (Å²) in [6.45, 7) is 0. The standard InChI is InChI=1S/C10H5ClNO/c11-9-2-1-7-4-10(6-13)12-5-8(7)3-9/h1-4,6H. The Balaban J connectivity index is 2.73. The van der Waals surface area contributed by atoms with E-state index < -0.39 is 0 Å². The Morgan fingerprint density at radius 2 is 2.23 bits per heavy atom. The molecule has 0 N–H and O–H groups in total. The minimum atomic E-state index is 0.384. The Morgan fingerprint density at radius 1 is 1.38 bits per heavy atom. The number of hydrogen-bond donors (Lipinski definition) is 0. The number of nitrogens with zero attached hydrogens (tertiary/aromatic N) is 1. The lowest BCUT2D eigenvalue weighted by Gasteiger charge is -1.97. The Morgan fingerprint density at radius 3 is 3.00 bits per heavy atom. The summed E-state index contributed by atoms with van der Waals surface area (Å²) >= 11 is 5.78. The van der Waals surface area contributed by atoms with E-state index in [1.165, 1.54) is 0 Å². The largest absolute Gasteiger partial charge is 0.296 e. The molecule has 1 aromatic carbocycles. The minimum absolute atomic E-state index is 0.384. The van der Waals surface area contributed by atoms with Crippen LogP contribution in [0.5, 0.6) is 0 Å². The highest BCUT2D eigenvalue weighted by molar-refractivity contribution is 6.31. The van der Waals surface area contributed by atoms with Gasteiger partial charge in [-0.3, -0.25) is 4.79 Å². The lowest BCUT2D eigenvalue weighted by Crippen LogP contribution is -1.86. The van der Waals surface area contributed by atoms with Crippen LogP contribution in [0.15, 0.2) is 24.3 Å². The molecule has 2 nitrogen and oxygen atoms in total. The summed E-state index contributed by atoms with van der Waals surface area (Å²) in [6, 6.07) is 7.07. The number of carbonyl (C=O) groups excluding carboxylic acids is 1. The van der Waals surface area contributed by atoms with Crippen LogP contribution >= 0.6 is 11.6 Å². The van der Waals surface area contributed by atoms with Crippen molar-refractivity contribution >= 4 is 28.7 Å². The Kier molecular flexibility index (Phi) is 1.99. The molecule has 0 bridgehead atoms.